The number of nitrogens with two attached hydrogens (primary N) is 2. The van der Waals surface area contributed by atoms with Crippen LogP contribution in [-0.2, 0) is 20.7 Å². The number of fused-ring (bicyclic) bond motifs is 1. The summed E-state index contributed by atoms with van der Waals surface area (Å²) in [5.74, 6) is -1.87. The van der Waals surface area contributed by atoms with Crippen LogP contribution in [-0.4, -0.2) is 70.9 Å². The van der Waals surface area contributed by atoms with Crippen LogP contribution in [0.15, 0.2) is 37.2 Å². The zero-order valence-corrected chi connectivity index (χ0v) is 16.1. The average molecular weight is 428 g/mol. The highest BCUT2D eigenvalue weighted by molar-refractivity contribution is 5.84. The molecule has 4 heterocycles. The molecule has 1 amide bonds. The number of anilines is 1. The quantitative estimate of drug-likeness (QED) is 0.296. The maximum absolute atomic E-state index is 12.6. The first-order valence-electron chi connectivity index (χ1n) is 9.31. The highest BCUT2D eigenvalue weighted by atomic mass is 16.6. The topological polar surface area (TPSA) is 204 Å². The number of carboxylic acid groups (broad SMARTS) is 1. The Kier molecular flexibility index (Phi) is 5.46. The number of aliphatic carboxylic acids is 1. The second-order valence-electron chi connectivity index (χ2n) is 7.07. The number of carbonyl (C=O) groups excluding carboxylic acids is 1. The maximum atomic E-state index is 12.6. The number of amides is 1. The van der Waals surface area contributed by atoms with E-state index in [1.165, 1.54) is 17.2 Å². The number of ether oxygens (including phenoxy) is 1. The van der Waals surface area contributed by atoms with Gasteiger partial charge < -0.3 is 31.7 Å². The van der Waals surface area contributed by atoms with Crippen LogP contribution in [0.1, 0.15) is 11.8 Å². The molecule has 5 atom stereocenters. The largest absolute Gasteiger partial charge is 0.479 e. The number of imidazole rings is 1. The molecule has 1 fully saturated rings. The minimum absolute atomic E-state index is 0.122. The fraction of sp³-hybridized carbons (Fsp3) is 0.333. The molecule has 0 aromatic carbocycles. The molecule has 0 spiro atoms. The molecule has 7 N–H and O–H groups in total. The van der Waals surface area contributed by atoms with Crippen molar-refractivity contribution in [2.45, 2.75) is 36.9 Å². The lowest BCUT2D eigenvalue weighted by Gasteiger charge is -2.22. The smallest absolute Gasteiger partial charge is 0.335 e. The molecule has 1 saturated heterocycles. The molecule has 13 heteroatoms. The van der Waals surface area contributed by atoms with Gasteiger partial charge in [-0.25, -0.2) is 19.7 Å². The van der Waals surface area contributed by atoms with E-state index in [0.29, 0.717) is 0 Å². The summed E-state index contributed by atoms with van der Waals surface area (Å²) in [5.41, 5.74) is 13.0. The molecular weight excluding hydrogens is 408 g/mol. The van der Waals surface area contributed by atoms with Crippen LogP contribution in [0, 0.1) is 0 Å². The minimum atomic E-state index is -1.52. The second-order valence-corrected chi connectivity index (χ2v) is 7.07. The first kappa shape index (κ1) is 20.6. The Hall–Kier alpha value is -3.68. The lowest BCUT2D eigenvalue weighted by Crippen LogP contribution is -2.54. The molecule has 1 aliphatic heterocycles. The summed E-state index contributed by atoms with van der Waals surface area (Å²) in [6.45, 7) is 0. The van der Waals surface area contributed by atoms with E-state index in [0.717, 1.165) is 5.56 Å². The Morgan fingerprint density at radius 1 is 1.32 bits per heavy atom. The van der Waals surface area contributed by atoms with Crippen molar-refractivity contribution in [3.8, 4) is 0 Å². The minimum Gasteiger partial charge on any atom is -0.479 e. The molecule has 0 radical (unpaired) electrons. The summed E-state index contributed by atoms with van der Waals surface area (Å²) in [7, 11) is 0. The Morgan fingerprint density at radius 2 is 2.13 bits per heavy atom. The van der Waals surface area contributed by atoms with Gasteiger partial charge in [0.2, 0.25) is 5.91 Å². The summed E-state index contributed by atoms with van der Waals surface area (Å²) in [6, 6.07) is 1.24. The van der Waals surface area contributed by atoms with Crippen molar-refractivity contribution in [3.05, 3.63) is 42.7 Å². The number of aliphatic hydroxyl groups is 1. The maximum Gasteiger partial charge on any atom is 0.335 e. The zero-order valence-electron chi connectivity index (χ0n) is 16.1. The van der Waals surface area contributed by atoms with Crippen LogP contribution in [0.25, 0.3) is 11.2 Å². The van der Waals surface area contributed by atoms with Crippen molar-refractivity contribution in [1.82, 2.24) is 29.8 Å². The monoisotopic (exact) mass is 428 g/mol. The SMILES string of the molecule is Nc1ncnc2c1ncn2C1OC(C(=O)O)C(NC(=O)C(N)Cc2cccnc2)C1O. The highest BCUT2D eigenvalue weighted by Crippen LogP contribution is 2.32. The van der Waals surface area contributed by atoms with E-state index in [-0.39, 0.29) is 23.4 Å². The van der Waals surface area contributed by atoms with E-state index in [2.05, 4.69) is 25.3 Å². The van der Waals surface area contributed by atoms with Gasteiger partial charge in [0, 0.05) is 12.4 Å². The first-order valence-corrected chi connectivity index (χ1v) is 9.31. The average Bonchev–Trinajstić information content (AvgIpc) is 3.31. The molecule has 31 heavy (non-hydrogen) atoms. The van der Waals surface area contributed by atoms with Gasteiger partial charge in [0.1, 0.15) is 17.9 Å². The van der Waals surface area contributed by atoms with Crippen LogP contribution >= 0.6 is 0 Å². The zero-order chi connectivity index (χ0) is 22.1. The summed E-state index contributed by atoms with van der Waals surface area (Å²) < 4.78 is 6.89. The van der Waals surface area contributed by atoms with E-state index in [4.69, 9.17) is 16.2 Å². The molecule has 1 aliphatic rings. The number of nitrogens with one attached hydrogen (secondary N) is 1. The van der Waals surface area contributed by atoms with Crippen molar-refractivity contribution in [3.63, 3.8) is 0 Å². The Morgan fingerprint density at radius 3 is 2.84 bits per heavy atom. The van der Waals surface area contributed by atoms with E-state index in [1.807, 2.05) is 0 Å². The molecule has 4 rings (SSSR count). The molecule has 0 saturated carbocycles. The van der Waals surface area contributed by atoms with Gasteiger partial charge in [-0.05, 0) is 18.1 Å². The number of rotatable bonds is 6. The second kappa shape index (κ2) is 8.22. The van der Waals surface area contributed by atoms with Gasteiger partial charge in [0.25, 0.3) is 0 Å². The van der Waals surface area contributed by atoms with Gasteiger partial charge in [0.15, 0.2) is 23.8 Å². The lowest BCUT2D eigenvalue weighted by atomic mass is 10.0. The van der Waals surface area contributed by atoms with E-state index in [1.54, 1.807) is 24.5 Å². The van der Waals surface area contributed by atoms with Crippen LogP contribution in [0.2, 0.25) is 0 Å². The van der Waals surface area contributed by atoms with Crippen molar-refractivity contribution in [2.75, 3.05) is 5.73 Å². The Labute approximate surface area is 175 Å². The number of carboxylic acids is 1. The van der Waals surface area contributed by atoms with Crippen LogP contribution in [0.3, 0.4) is 0 Å². The van der Waals surface area contributed by atoms with E-state index < -0.39 is 42.4 Å². The first-order chi connectivity index (χ1) is 14.9. The van der Waals surface area contributed by atoms with Crippen LogP contribution in [0.5, 0.6) is 0 Å². The standard InChI is InChI=1S/C18H20N8O5/c19-9(4-8-2-1-3-21-5-8)16(28)25-10-12(27)17(31-13(10)18(29)30)26-7-24-11-14(20)22-6-23-15(11)26/h1-3,5-7,9-10,12-13,17,27H,4,19H2,(H,25,28)(H,29,30)(H2,20,22,23). The fourth-order valence-electron chi connectivity index (χ4n) is 3.47. The number of hydrogen-bond donors (Lipinski definition) is 5. The summed E-state index contributed by atoms with van der Waals surface area (Å²) in [6.07, 6.45) is 1.75. The number of pyridine rings is 1. The van der Waals surface area contributed by atoms with Crippen molar-refractivity contribution in [1.29, 1.82) is 0 Å². The number of aliphatic hydroxyl groups excluding tert-OH is 1. The number of nitrogens with zero attached hydrogens (tertiary/aromatic N) is 5. The van der Waals surface area contributed by atoms with Crippen LogP contribution < -0.4 is 16.8 Å². The third-order valence-electron chi connectivity index (χ3n) is 5.00. The summed E-state index contributed by atoms with van der Waals surface area (Å²) >= 11 is 0. The van der Waals surface area contributed by atoms with Gasteiger partial charge in [-0.2, -0.15) is 0 Å². The van der Waals surface area contributed by atoms with Gasteiger partial charge in [0.05, 0.1) is 18.4 Å². The van der Waals surface area contributed by atoms with Gasteiger partial charge in [-0.3, -0.25) is 14.3 Å². The molecule has 162 valence electrons. The number of nitrogen functional groups attached to an aromatic ring is 1. The molecule has 0 bridgehead atoms. The Balaban J connectivity index is 1.54. The predicted molar refractivity (Wildman–Crippen MR) is 105 cm³/mol. The third-order valence-corrected chi connectivity index (χ3v) is 5.00. The van der Waals surface area contributed by atoms with E-state index in [9.17, 15) is 19.8 Å². The molecule has 5 unspecified atom stereocenters. The van der Waals surface area contributed by atoms with Crippen LogP contribution in [0.4, 0.5) is 5.82 Å². The summed E-state index contributed by atoms with van der Waals surface area (Å²) in [4.78, 5) is 40.3. The number of carbonyl (C=O) groups is 2. The number of hydrogen-bond acceptors (Lipinski definition) is 10. The highest BCUT2D eigenvalue weighted by Gasteiger charge is 2.49. The fourth-order valence-corrected chi connectivity index (χ4v) is 3.47. The molecule has 0 aliphatic carbocycles. The van der Waals surface area contributed by atoms with Gasteiger partial charge >= 0.3 is 5.97 Å². The molecule has 3 aromatic heterocycles. The van der Waals surface area contributed by atoms with Gasteiger partial charge in [-0.15, -0.1) is 0 Å². The van der Waals surface area contributed by atoms with Gasteiger partial charge in [-0.1, -0.05) is 6.07 Å². The number of aromatic nitrogens is 5. The van der Waals surface area contributed by atoms with E-state index >= 15 is 0 Å². The molecular formula is C18H20N8O5. The molecule has 3 aromatic rings. The molecule has 13 nitrogen and oxygen atoms in total. The Bertz CT molecular complexity index is 1110. The lowest BCUT2D eigenvalue weighted by molar-refractivity contribution is -0.152. The van der Waals surface area contributed by atoms with Crippen molar-refractivity contribution in [2.24, 2.45) is 5.73 Å². The third kappa shape index (κ3) is 3.88. The summed E-state index contributed by atoms with van der Waals surface area (Å²) in [5, 5.41) is 22.9. The van der Waals surface area contributed by atoms with Crippen molar-refractivity contribution < 1.29 is 24.5 Å². The predicted octanol–water partition coefficient (Wildman–Crippen LogP) is -1.80. The van der Waals surface area contributed by atoms with Crippen molar-refractivity contribution >= 4 is 28.9 Å². The normalized spacial score (nSPS) is 24.2.